The highest BCUT2D eigenvalue weighted by Gasteiger charge is 2.41. The average Bonchev–Trinajstić information content (AvgIpc) is 2.26. The van der Waals surface area contributed by atoms with E-state index in [1.807, 2.05) is 32.8 Å². The highest BCUT2D eigenvalue weighted by molar-refractivity contribution is 5.20. The van der Waals surface area contributed by atoms with Gasteiger partial charge in [-0.05, 0) is 25.1 Å². The van der Waals surface area contributed by atoms with Crippen LogP contribution in [0.25, 0.3) is 0 Å². The van der Waals surface area contributed by atoms with Crippen LogP contribution in [0.2, 0.25) is 0 Å². The largest absolute Gasteiger partial charge is 0.407 e. The Kier molecular flexibility index (Phi) is 5.59. The van der Waals surface area contributed by atoms with Gasteiger partial charge in [-0.2, -0.15) is 13.2 Å². The van der Waals surface area contributed by atoms with Gasteiger partial charge >= 0.3 is 6.18 Å². The van der Waals surface area contributed by atoms with Crippen molar-refractivity contribution in [1.82, 2.24) is 10.2 Å². The van der Waals surface area contributed by atoms with E-state index in [2.05, 4.69) is 5.32 Å². The molecular weight excluding hydrogens is 265 g/mol. The zero-order chi connectivity index (χ0) is 15.4. The summed E-state index contributed by atoms with van der Waals surface area (Å²) in [5, 5.41) is 2.67. The maximum atomic E-state index is 13.2. The first-order valence-corrected chi connectivity index (χ1v) is 6.61. The van der Waals surface area contributed by atoms with Gasteiger partial charge < -0.3 is 10.2 Å². The van der Waals surface area contributed by atoms with Crippen molar-refractivity contribution in [2.75, 3.05) is 27.2 Å². The molecule has 0 bridgehead atoms. The molecule has 1 unspecified atom stereocenters. The lowest BCUT2D eigenvalue weighted by Crippen LogP contribution is -2.42. The van der Waals surface area contributed by atoms with Gasteiger partial charge in [0.1, 0.15) is 6.04 Å². The molecule has 0 amide bonds. The van der Waals surface area contributed by atoms with E-state index in [1.165, 1.54) is 12.1 Å². The van der Waals surface area contributed by atoms with Gasteiger partial charge in [0.05, 0.1) is 0 Å². The first kappa shape index (κ1) is 17.0. The first-order chi connectivity index (χ1) is 9.12. The molecule has 114 valence electrons. The highest BCUT2D eigenvalue weighted by Crippen LogP contribution is 2.33. The number of nitrogens with one attached hydrogen (secondary N) is 1. The molecule has 0 saturated heterocycles. The number of nitrogens with zero attached hydrogens (tertiary/aromatic N) is 1. The van der Waals surface area contributed by atoms with E-state index < -0.39 is 12.2 Å². The van der Waals surface area contributed by atoms with Gasteiger partial charge in [0.2, 0.25) is 0 Å². The molecule has 5 heteroatoms. The second kappa shape index (κ2) is 6.59. The lowest BCUT2D eigenvalue weighted by atomic mass is 9.92. The summed E-state index contributed by atoms with van der Waals surface area (Å²) < 4.78 is 39.5. The van der Waals surface area contributed by atoms with Crippen LogP contribution in [0, 0.1) is 5.41 Å². The molecule has 1 atom stereocenters. The first-order valence-electron chi connectivity index (χ1n) is 6.61. The summed E-state index contributed by atoms with van der Waals surface area (Å²) in [6.45, 7) is 4.93. The van der Waals surface area contributed by atoms with E-state index in [1.54, 1.807) is 18.2 Å². The topological polar surface area (TPSA) is 15.3 Å². The Morgan fingerprint density at radius 2 is 1.65 bits per heavy atom. The van der Waals surface area contributed by atoms with E-state index in [0.717, 1.165) is 6.54 Å². The van der Waals surface area contributed by atoms with E-state index in [0.29, 0.717) is 6.54 Å². The number of hydrogen-bond acceptors (Lipinski definition) is 2. The Balaban J connectivity index is 2.78. The van der Waals surface area contributed by atoms with Crippen molar-refractivity contribution < 1.29 is 13.2 Å². The number of rotatable bonds is 6. The van der Waals surface area contributed by atoms with Crippen LogP contribution in [-0.4, -0.2) is 38.3 Å². The second-order valence-corrected chi connectivity index (χ2v) is 6.17. The molecule has 0 aromatic heterocycles. The Bertz CT molecular complexity index is 399. The fraction of sp³-hybridized carbons (Fsp3) is 0.600. The van der Waals surface area contributed by atoms with Crippen molar-refractivity contribution in [2.45, 2.75) is 26.1 Å². The molecule has 1 N–H and O–H groups in total. The van der Waals surface area contributed by atoms with Crippen LogP contribution < -0.4 is 5.32 Å². The Hall–Kier alpha value is -1.07. The summed E-state index contributed by atoms with van der Waals surface area (Å²) in [5.74, 6) is 0. The third-order valence-electron chi connectivity index (χ3n) is 2.99. The predicted octanol–water partition coefficient (Wildman–Crippen LogP) is 3.47. The minimum atomic E-state index is -4.30. The molecule has 0 spiro atoms. The molecule has 0 saturated carbocycles. The zero-order valence-corrected chi connectivity index (χ0v) is 12.5. The van der Waals surface area contributed by atoms with Crippen LogP contribution in [0.4, 0.5) is 13.2 Å². The highest BCUT2D eigenvalue weighted by atomic mass is 19.4. The third kappa shape index (κ3) is 5.51. The SMILES string of the molecule is CN(C)CC(C)(C)CNC(c1ccccc1)C(F)(F)F. The van der Waals surface area contributed by atoms with Crippen LogP contribution >= 0.6 is 0 Å². The van der Waals surface area contributed by atoms with Crippen molar-refractivity contribution in [3.8, 4) is 0 Å². The fourth-order valence-corrected chi connectivity index (χ4v) is 2.36. The molecule has 1 rings (SSSR count). The minimum absolute atomic E-state index is 0.234. The summed E-state index contributed by atoms with van der Waals surface area (Å²) in [6.07, 6.45) is -4.30. The zero-order valence-electron chi connectivity index (χ0n) is 12.5. The molecule has 1 aromatic carbocycles. The molecule has 0 fully saturated rings. The van der Waals surface area contributed by atoms with Gasteiger partial charge in [-0.25, -0.2) is 0 Å². The molecular formula is C15H23F3N2. The third-order valence-corrected chi connectivity index (χ3v) is 2.99. The van der Waals surface area contributed by atoms with Crippen molar-refractivity contribution >= 4 is 0 Å². The second-order valence-electron chi connectivity index (χ2n) is 6.17. The molecule has 0 radical (unpaired) electrons. The van der Waals surface area contributed by atoms with Gasteiger partial charge in [0.15, 0.2) is 0 Å². The maximum absolute atomic E-state index is 13.2. The summed E-state index contributed by atoms with van der Waals surface area (Å²) in [5.41, 5.74) is 0.0163. The summed E-state index contributed by atoms with van der Waals surface area (Å²) >= 11 is 0. The van der Waals surface area contributed by atoms with Crippen molar-refractivity contribution in [3.05, 3.63) is 35.9 Å². The van der Waals surface area contributed by atoms with Gasteiger partial charge in [-0.15, -0.1) is 0 Å². The molecule has 1 aromatic rings. The minimum Gasteiger partial charge on any atom is -0.309 e. The van der Waals surface area contributed by atoms with Gasteiger partial charge in [-0.1, -0.05) is 44.2 Å². The average molecular weight is 288 g/mol. The molecule has 0 aliphatic heterocycles. The summed E-state index contributed by atoms with van der Waals surface area (Å²) in [7, 11) is 3.83. The lowest BCUT2D eigenvalue weighted by molar-refractivity contribution is -0.158. The summed E-state index contributed by atoms with van der Waals surface area (Å²) in [4.78, 5) is 1.98. The smallest absolute Gasteiger partial charge is 0.309 e. The van der Waals surface area contributed by atoms with E-state index in [9.17, 15) is 13.2 Å². The van der Waals surface area contributed by atoms with Crippen LogP contribution in [0.3, 0.4) is 0 Å². The fourth-order valence-electron chi connectivity index (χ4n) is 2.36. The van der Waals surface area contributed by atoms with Gasteiger partial charge in [0.25, 0.3) is 0 Å². The molecule has 0 aliphatic rings. The summed E-state index contributed by atoms with van der Waals surface area (Å²) in [6, 6.07) is 6.35. The van der Waals surface area contributed by atoms with Crippen molar-refractivity contribution in [3.63, 3.8) is 0 Å². The molecule has 20 heavy (non-hydrogen) atoms. The quantitative estimate of drug-likeness (QED) is 0.862. The molecule has 0 heterocycles. The number of halogens is 3. The molecule has 0 aliphatic carbocycles. The number of alkyl halides is 3. The normalized spacial score (nSPS) is 14.6. The Morgan fingerprint density at radius 1 is 1.10 bits per heavy atom. The van der Waals surface area contributed by atoms with Gasteiger partial charge in [0, 0.05) is 13.1 Å². The Labute approximate surface area is 119 Å². The van der Waals surface area contributed by atoms with Crippen LogP contribution in [-0.2, 0) is 0 Å². The van der Waals surface area contributed by atoms with Crippen LogP contribution in [0.5, 0.6) is 0 Å². The van der Waals surface area contributed by atoms with E-state index in [4.69, 9.17) is 0 Å². The monoisotopic (exact) mass is 288 g/mol. The molecule has 2 nitrogen and oxygen atoms in total. The predicted molar refractivity (Wildman–Crippen MR) is 75.6 cm³/mol. The Morgan fingerprint density at radius 3 is 2.10 bits per heavy atom. The van der Waals surface area contributed by atoms with Crippen LogP contribution in [0.1, 0.15) is 25.5 Å². The van der Waals surface area contributed by atoms with Crippen molar-refractivity contribution in [2.24, 2.45) is 5.41 Å². The van der Waals surface area contributed by atoms with Gasteiger partial charge in [-0.3, -0.25) is 0 Å². The maximum Gasteiger partial charge on any atom is 0.407 e. The number of benzene rings is 1. The standard InChI is InChI=1S/C15H23F3N2/c1-14(2,11-20(3)4)10-19-13(15(16,17)18)12-8-6-5-7-9-12/h5-9,13,19H,10-11H2,1-4H3. The van der Waals surface area contributed by atoms with E-state index >= 15 is 0 Å². The van der Waals surface area contributed by atoms with Crippen LogP contribution in [0.15, 0.2) is 30.3 Å². The lowest BCUT2D eigenvalue weighted by Gasteiger charge is -2.31. The number of hydrogen-bond donors (Lipinski definition) is 1. The van der Waals surface area contributed by atoms with Crippen molar-refractivity contribution in [1.29, 1.82) is 0 Å². The van der Waals surface area contributed by atoms with E-state index in [-0.39, 0.29) is 11.0 Å².